The van der Waals surface area contributed by atoms with Crippen molar-refractivity contribution in [3.63, 3.8) is 0 Å². The summed E-state index contributed by atoms with van der Waals surface area (Å²) in [7, 11) is 0. The number of nitrogens with zero attached hydrogens (tertiary/aromatic N) is 1. The highest BCUT2D eigenvalue weighted by atomic mass is 16.5. The molecule has 0 aromatic heterocycles. The number of oxime groups is 1. The number of ether oxygens (including phenoxy) is 2. The average molecular weight is 285 g/mol. The lowest BCUT2D eigenvalue weighted by Gasteiger charge is -2.11. The molecule has 0 unspecified atom stereocenters. The third-order valence-electron chi connectivity index (χ3n) is 3.23. The maximum atomic E-state index is 8.51. The van der Waals surface area contributed by atoms with Gasteiger partial charge in [-0.25, -0.2) is 0 Å². The van der Waals surface area contributed by atoms with Gasteiger partial charge < -0.3 is 14.7 Å². The summed E-state index contributed by atoms with van der Waals surface area (Å²) in [4.78, 5) is 0. The normalized spacial score (nSPS) is 10.8. The molecule has 0 atom stereocenters. The summed E-state index contributed by atoms with van der Waals surface area (Å²) < 4.78 is 11.3. The molecule has 0 bridgehead atoms. The number of hydrogen-bond acceptors (Lipinski definition) is 4. The first-order valence-corrected chi connectivity index (χ1v) is 6.80. The van der Waals surface area contributed by atoms with Crippen LogP contribution in [0.5, 0.6) is 11.5 Å². The molecule has 4 nitrogen and oxygen atoms in total. The van der Waals surface area contributed by atoms with Crippen LogP contribution in [0.2, 0.25) is 0 Å². The number of hydrogen-bond donors (Lipinski definition) is 1. The molecule has 0 amide bonds. The Labute approximate surface area is 124 Å². The van der Waals surface area contributed by atoms with Crippen LogP contribution in [-0.4, -0.2) is 24.6 Å². The Morgan fingerprint density at radius 2 is 1.81 bits per heavy atom. The standard InChI is InChI=1S/C17H19NO3/c1-13-5-3-8-17(14(13)2)21-10-9-20-16-7-4-6-15(11-16)12-18-19/h3-8,11-12,19H,9-10H2,1-2H3. The zero-order chi connectivity index (χ0) is 15.1. The molecule has 0 aliphatic heterocycles. The van der Waals surface area contributed by atoms with Crippen LogP contribution in [-0.2, 0) is 0 Å². The van der Waals surface area contributed by atoms with Crippen LogP contribution >= 0.6 is 0 Å². The summed E-state index contributed by atoms with van der Waals surface area (Å²) in [6.07, 6.45) is 1.36. The largest absolute Gasteiger partial charge is 0.490 e. The molecule has 1 N–H and O–H groups in total. The maximum Gasteiger partial charge on any atom is 0.122 e. The molecule has 0 spiro atoms. The summed E-state index contributed by atoms with van der Waals surface area (Å²) in [5, 5.41) is 11.5. The second kappa shape index (κ2) is 7.33. The fourth-order valence-corrected chi connectivity index (χ4v) is 1.94. The van der Waals surface area contributed by atoms with Gasteiger partial charge in [-0.05, 0) is 48.7 Å². The molecule has 4 heteroatoms. The second-order valence-corrected chi connectivity index (χ2v) is 4.71. The summed E-state index contributed by atoms with van der Waals surface area (Å²) in [5.74, 6) is 1.61. The van der Waals surface area contributed by atoms with Crippen molar-refractivity contribution in [2.24, 2.45) is 5.16 Å². The molecule has 2 rings (SSSR count). The van der Waals surface area contributed by atoms with Crippen LogP contribution in [0.3, 0.4) is 0 Å². The first-order valence-electron chi connectivity index (χ1n) is 6.80. The van der Waals surface area contributed by atoms with Crippen molar-refractivity contribution in [2.75, 3.05) is 13.2 Å². The highest BCUT2D eigenvalue weighted by molar-refractivity contribution is 5.79. The van der Waals surface area contributed by atoms with Gasteiger partial charge in [-0.1, -0.05) is 29.4 Å². The molecule has 110 valence electrons. The van der Waals surface area contributed by atoms with Crippen molar-refractivity contribution < 1.29 is 14.7 Å². The predicted octanol–water partition coefficient (Wildman–Crippen LogP) is 3.57. The van der Waals surface area contributed by atoms with E-state index in [1.165, 1.54) is 11.8 Å². The van der Waals surface area contributed by atoms with Crippen molar-refractivity contribution in [3.8, 4) is 11.5 Å². The SMILES string of the molecule is Cc1cccc(OCCOc2cccc(C=NO)c2)c1C. The van der Waals surface area contributed by atoms with E-state index in [4.69, 9.17) is 14.7 Å². The van der Waals surface area contributed by atoms with Gasteiger partial charge in [-0.2, -0.15) is 0 Å². The third-order valence-corrected chi connectivity index (χ3v) is 3.23. The Morgan fingerprint density at radius 1 is 1.05 bits per heavy atom. The molecule has 0 radical (unpaired) electrons. The van der Waals surface area contributed by atoms with Gasteiger partial charge in [0.1, 0.15) is 24.7 Å². The lowest BCUT2D eigenvalue weighted by molar-refractivity contribution is 0.216. The van der Waals surface area contributed by atoms with Gasteiger partial charge in [-0.15, -0.1) is 0 Å². The Balaban J connectivity index is 1.84. The van der Waals surface area contributed by atoms with Gasteiger partial charge >= 0.3 is 0 Å². The molecular formula is C17H19NO3. The van der Waals surface area contributed by atoms with Gasteiger partial charge in [0.25, 0.3) is 0 Å². The first-order chi connectivity index (χ1) is 10.2. The summed E-state index contributed by atoms with van der Waals surface area (Å²) >= 11 is 0. The van der Waals surface area contributed by atoms with Crippen molar-refractivity contribution in [1.82, 2.24) is 0 Å². The van der Waals surface area contributed by atoms with Crippen molar-refractivity contribution >= 4 is 6.21 Å². The van der Waals surface area contributed by atoms with Crippen LogP contribution in [0.4, 0.5) is 0 Å². The predicted molar refractivity (Wildman–Crippen MR) is 82.7 cm³/mol. The highest BCUT2D eigenvalue weighted by Gasteiger charge is 2.02. The Hall–Kier alpha value is -2.49. The van der Waals surface area contributed by atoms with Gasteiger partial charge in [0, 0.05) is 0 Å². The number of aryl methyl sites for hydroxylation is 1. The van der Waals surface area contributed by atoms with Crippen molar-refractivity contribution in [3.05, 3.63) is 59.2 Å². The monoisotopic (exact) mass is 285 g/mol. The molecule has 0 aliphatic carbocycles. The third kappa shape index (κ3) is 4.24. The molecule has 2 aromatic rings. The quantitative estimate of drug-likeness (QED) is 0.382. The van der Waals surface area contributed by atoms with E-state index in [2.05, 4.69) is 18.1 Å². The summed E-state index contributed by atoms with van der Waals surface area (Å²) in [6, 6.07) is 13.3. The molecule has 0 saturated carbocycles. The van der Waals surface area contributed by atoms with Gasteiger partial charge in [0.05, 0.1) is 6.21 Å². The van der Waals surface area contributed by atoms with Crippen LogP contribution in [0, 0.1) is 13.8 Å². The van der Waals surface area contributed by atoms with E-state index in [9.17, 15) is 0 Å². The highest BCUT2D eigenvalue weighted by Crippen LogP contribution is 2.20. The molecule has 21 heavy (non-hydrogen) atoms. The van der Waals surface area contributed by atoms with Gasteiger partial charge in [-0.3, -0.25) is 0 Å². The number of benzene rings is 2. The summed E-state index contributed by atoms with van der Waals surface area (Å²) in [6.45, 7) is 5.03. The zero-order valence-electron chi connectivity index (χ0n) is 12.2. The van der Waals surface area contributed by atoms with Gasteiger partial charge in [0.2, 0.25) is 0 Å². The van der Waals surface area contributed by atoms with E-state index in [1.807, 2.05) is 37.3 Å². The molecule has 0 saturated heterocycles. The van der Waals surface area contributed by atoms with Gasteiger partial charge in [0.15, 0.2) is 0 Å². The van der Waals surface area contributed by atoms with E-state index in [-0.39, 0.29) is 0 Å². The lowest BCUT2D eigenvalue weighted by Crippen LogP contribution is -2.09. The topological polar surface area (TPSA) is 51.0 Å². The summed E-state index contributed by atoms with van der Waals surface area (Å²) in [5.41, 5.74) is 3.15. The fraction of sp³-hybridized carbons (Fsp3) is 0.235. The Bertz CT molecular complexity index is 623. The Morgan fingerprint density at radius 3 is 2.62 bits per heavy atom. The molecule has 0 heterocycles. The zero-order valence-corrected chi connectivity index (χ0v) is 12.2. The molecular weight excluding hydrogens is 266 g/mol. The van der Waals surface area contributed by atoms with Crippen molar-refractivity contribution in [2.45, 2.75) is 13.8 Å². The minimum absolute atomic E-state index is 0.451. The van der Waals surface area contributed by atoms with E-state index < -0.39 is 0 Å². The Kier molecular flexibility index (Phi) is 5.21. The van der Waals surface area contributed by atoms with Crippen LogP contribution < -0.4 is 9.47 Å². The lowest BCUT2D eigenvalue weighted by atomic mass is 10.1. The second-order valence-electron chi connectivity index (χ2n) is 4.71. The van der Waals surface area contributed by atoms with Crippen molar-refractivity contribution in [1.29, 1.82) is 0 Å². The smallest absolute Gasteiger partial charge is 0.122 e. The van der Waals surface area contributed by atoms with E-state index >= 15 is 0 Å². The molecule has 2 aromatic carbocycles. The maximum absolute atomic E-state index is 8.51. The molecule has 0 aliphatic rings. The van der Waals surface area contributed by atoms with Crippen LogP contribution in [0.25, 0.3) is 0 Å². The number of rotatable bonds is 6. The van der Waals surface area contributed by atoms with Crippen LogP contribution in [0.1, 0.15) is 16.7 Å². The van der Waals surface area contributed by atoms with E-state index in [0.717, 1.165) is 22.6 Å². The first kappa shape index (κ1) is 14.9. The van der Waals surface area contributed by atoms with E-state index in [0.29, 0.717) is 13.2 Å². The molecule has 0 fully saturated rings. The average Bonchev–Trinajstić information content (AvgIpc) is 2.48. The minimum Gasteiger partial charge on any atom is -0.490 e. The minimum atomic E-state index is 0.451. The van der Waals surface area contributed by atoms with Crippen LogP contribution in [0.15, 0.2) is 47.6 Å². The fourth-order valence-electron chi connectivity index (χ4n) is 1.94. The van der Waals surface area contributed by atoms with E-state index in [1.54, 1.807) is 6.07 Å².